The summed E-state index contributed by atoms with van der Waals surface area (Å²) >= 11 is 12.2. The van der Waals surface area contributed by atoms with Gasteiger partial charge in [0, 0.05) is 43.0 Å². The fourth-order valence-electron chi connectivity index (χ4n) is 3.27. The lowest BCUT2D eigenvalue weighted by atomic mass is 10.1. The number of hydrogen-bond donors (Lipinski definition) is 2. The van der Waals surface area contributed by atoms with Gasteiger partial charge in [-0.2, -0.15) is 0 Å². The van der Waals surface area contributed by atoms with E-state index >= 15 is 0 Å². The molecule has 0 atom stereocenters. The molecule has 8 nitrogen and oxygen atoms in total. The monoisotopic (exact) mass is 478 g/mol. The van der Waals surface area contributed by atoms with Crippen molar-refractivity contribution in [1.29, 1.82) is 0 Å². The van der Waals surface area contributed by atoms with E-state index < -0.39 is 5.91 Å². The number of ether oxygens (including phenoxy) is 1. The van der Waals surface area contributed by atoms with Crippen molar-refractivity contribution in [2.45, 2.75) is 12.8 Å². The molecule has 0 saturated carbocycles. The van der Waals surface area contributed by atoms with Crippen LogP contribution in [0.2, 0.25) is 5.02 Å². The SMILES string of the molecule is CCN(CCNC)C(=O)c1cc2c(C(=O)Nc3c(Cl)cncc3CCl)ccc(OC)c2o1. The Morgan fingerprint density at radius 2 is 2.06 bits per heavy atom. The molecule has 10 heteroatoms. The smallest absolute Gasteiger partial charge is 0.289 e. The van der Waals surface area contributed by atoms with Crippen molar-refractivity contribution in [3.63, 3.8) is 0 Å². The quantitative estimate of drug-likeness (QED) is 0.448. The number of fused-ring (bicyclic) bond motifs is 1. The first kappa shape index (κ1) is 23.8. The number of nitrogens with zero attached hydrogens (tertiary/aromatic N) is 2. The standard InChI is InChI=1S/C22H24Cl2N4O4/c1-4-28(8-7-25-2)22(30)18-9-15-14(5-6-17(31-3)20(15)32-18)21(29)27-19-13(10-23)11-26-12-16(19)24/h5-6,9,11-12,25H,4,7-8,10H2,1-3H3,(H,26,27,29). The maximum absolute atomic E-state index is 13.1. The van der Waals surface area contributed by atoms with E-state index in [4.69, 9.17) is 32.4 Å². The van der Waals surface area contributed by atoms with Crippen LogP contribution in [0.1, 0.15) is 33.4 Å². The largest absolute Gasteiger partial charge is 0.493 e. The molecule has 0 aliphatic heterocycles. The molecule has 0 radical (unpaired) electrons. The van der Waals surface area contributed by atoms with Crippen LogP contribution in [0.15, 0.2) is 35.0 Å². The molecule has 32 heavy (non-hydrogen) atoms. The molecule has 170 valence electrons. The summed E-state index contributed by atoms with van der Waals surface area (Å²) in [4.78, 5) is 31.8. The Kier molecular flexibility index (Phi) is 7.95. The highest BCUT2D eigenvalue weighted by Crippen LogP contribution is 2.33. The molecular formula is C22H24Cl2N4O4. The fraction of sp³-hybridized carbons (Fsp3) is 0.318. The zero-order valence-corrected chi connectivity index (χ0v) is 19.5. The summed E-state index contributed by atoms with van der Waals surface area (Å²) in [5.74, 6) is -0.0315. The van der Waals surface area contributed by atoms with E-state index in [1.807, 2.05) is 14.0 Å². The van der Waals surface area contributed by atoms with E-state index in [2.05, 4.69) is 15.6 Å². The maximum atomic E-state index is 13.1. The van der Waals surface area contributed by atoms with Gasteiger partial charge in [0.2, 0.25) is 0 Å². The Labute approximate surface area is 195 Å². The predicted octanol–water partition coefficient (Wildman–Crippen LogP) is 4.16. The van der Waals surface area contributed by atoms with Gasteiger partial charge < -0.3 is 24.7 Å². The first-order chi connectivity index (χ1) is 15.4. The van der Waals surface area contributed by atoms with Gasteiger partial charge in [0.1, 0.15) is 0 Å². The summed E-state index contributed by atoms with van der Waals surface area (Å²) in [6.45, 7) is 3.58. The van der Waals surface area contributed by atoms with Crippen molar-refractivity contribution in [3.8, 4) is 5.75 Å². The number of alkyl halides is 1. The van der Waals surface area contributed by atoms with Crippen LogP contribution in [-0.2, 0) is 5.88 Å². The first-order valence-corrected chi connectivity index (χ1v) is 10.9. The normalized spacial score (nSPS) is 10.9. The molecule has 3 aromatic rings. The van der Waals surface area contributed by atoms with Crippen LogP contribution in [0.25, 0.3) is 11.0 Å². The number of carbonyl (C=O) groups excluding carboxylic acids is 2. The number of furan rings is 1. The molecule has 0 aliphatic rings. The lowest BCUT2D eigenvalue weighted by molar-refractivity contribution is 0.0736. The number of hydrogen-bond acceptors (Lipinski definition) is 6. The zero-order valence-electron chi connectivity index (χ0n) is 18.0. The van der Waals surface area contributed by atoms with Crippen LogP contribution in [0.5, 0.6) is 5.75 Å². The summed E-state index contributed by atoms with van der Waals surface area (Å²) in [5.41, 5.74) is 1.58. The average molecular weight is 479 g/mol. The number of halogens is 2. The Morgan fingerprint density at radius 1 is 1.28 bits per heavy atom. The van der Waals surface area contributed by atoms with E-state index in [1.165, 1.54) is 19.5 Å². The van der Waals surface area contributed by atoms with E-state index in [0.717, 1.165) is 0 Å². The Bertz CT molecular complexity index is 1130. The molecule has 1 aromatic carbocycles. The molecule has 0 spiro atoms. The number of likely N-dealkylation sites (N-methyl/N-ethyl adjacent to an activating group) is 2. The van der Waals surface area contributed by atoms with Gasteiger partial charge in [-0.05, 0) is 32.2 Å². The summed E-state index contributed by atoms with van der Waals surface area (Å²) in [6.07, 6.45) is 2.97. The second kappa shape index (κ2) is 10.7. The molecule has 0 saturated heterocycles. The lowest BCUT2D eigenvalue weighted by Gasteiger charge is -2.19. The van der Waals surface area contributed by atoms with Crippen LogP contribution < -0.4 is 15.4 Å². The van der Waals surface area contributed by atoms with Crippen molar-refractivity contribution in [2.75, 3.05) is 39.1 Å². The lowest BCUT2D eigenvalue weighted by Crippen LogP contribution is -2.35. The molecule has 3 rings (SSSR count). The molecule has 0 aliphatic carbocycles. The average Bonchev–Trinajstić information content (AvgIpc) is 3.25. The number of amides is 2. The number of rotatable bonds is 9. The summed E-state index contributed by atoms with van der Waals surface area (Å²) in [5, 5.41) is 6.54. The third kappa shape index (κ3) is 4.82. The van der Waals surface area contributed by atoms with Crippen molar-refractivity contribution in [2.24, 2.45) is 0 Å². The fourth-order valence-corrected chi connectivity index (χ4v) is 3.69. The van der Waals surface area contributed by atoms with Crippen LogP contribution in [0, 0.1) is 0 Å². The number of pyridine rings is 1. The highest BCUT2D eigenvalue weighted by Gasteiger charge is 2.24. The predicted molar refractivity (Wildman–Crippen MR) is 125 cm³/mol. The third-order valence-electron chi connectivity index (χ3n) is 4.98. The minimum Gasteiger partial charge on any atom is -0.493 e. The number of aromatic nitrogens is 1. The Balaban J connectivity index is 2.02. The van der Waals surface area contributed by atoms with Gasteiger partial charge in [0.25, 0.3) is 11.8 Å². The zero-order chi connectivity index (χ0) is 23.3. The number of anilines is 1. The van der Waals surface area contributed by atoms with E-state index in [0.29, 0.717) is 53.2 Å². The van der Waals surface area contributed by atoms with Crippen LogP contribution in [0.4, 0.5) is 5.69 Å². The van der Waals surface area contributed by atoms with Crippen LogP contribution in [0.3, 0.4) is 0 Å². The van der Waals surface area contributed by atoms with Gasteiger partial charge in [-0.1, -0.05) is 11.6 Å². The molecule has 2 aromatic heterocycles. The third-order valence-corrected chi connectivity index (χ3v) is 5.56. The topological polar surface area (TPSA) is 96.7 Å². The van der Waals surface area contributed by atoms with Gasteiger partial charge in [0.05, 0.1) is 29.3 Å². The highest BCUT2D eigenvalue weighted by atomic mass is 35.5. The minimum atomic E-state index is -0.431. The van der Waals surface area contributed by atoms with Gasteiger partial charge in [0.15, 0.2) is 17.1 Å². The van der Waals surface area contributed by atoms with Crippen LogP contribution in [-0.4, -0.2) is 55.5 Å². The molecule has 0 fully saturated rings. The maximum Gasteiger partial charge on any atom is 0.289 e. The molecule has 0 unspecified atom stereocenters. The molecular weight excluding hydrogens is 455 g/mol. The van der Waals surface area contributed by atoms with Crippen molar-refractivity contribution >= 4 is 51.7 Å². The summed E-state index contributed by atoms with van der Waals surface area (Å²) < 4.78 is 11.2. The first-order valence-electron chi connectivity index (χ1n) is 9.99. The number of carbonyl (C=O) groups is 2. The number of benzene rings is 1. The van der Waals surface area contributed by atoms with Gasteiger partial charge in [-0.3, -0.25) is 14.6 Å². The summed E-state index contributed by atoms with van der Waals surface area (Å²) in [6, 6.07) is 4.78. The highest BCUT2D eigenvalue weighted by molar-refractivity contribution is 6.34. The number of nitrogens with one attached hydrogen (secondary N) is 2. The molecule has 2 amide bonds. The van der Waals surface area contributed by atoms with Crippen LogP contribution >= 0.6 is 23.2 Å². The van der Waals surface area contributed by atoms with Crippen molar-refractivity contribution in [1.82, 2.24) is 15.2 Å². The van der Waals surface area contributed by atoms with E-state index in [9.17, 15) is 9.59 Å². The number of methoxy groups -OCH3 is 1. The van der Waals surface area contributed by atoms with Gasteiger partial charge in [-0.25, -0.2) is 0 Å². The Morgan fingerprint density at radius 3 is 2.72 bits per heavy atom. The molecule has 2 heterocycles. The molecule has 0 bridgehead atoms. The van der Waals surface area contributed by atoms with Crippen molar-refractivity contribution < 1.29 is 18.7 Å². The second-order valence-corrected chi connectivity index (χ2v) is 7.57. The summed E-state index contributed by atoms with van der Waals surface area (Å²) in [7, 11) is 3.31. The molecule has 2 N–H and O–H groups in total. The van der Waals surface area contributed by atoms with Crippen molar-refractivity contribution in [3.05, 3.63) is 52.5 Å². The van der Waals surface area contributed by atoms with E-state index in [1.54, 1.807) is 23.1 Å². The minimum absolute atomic E-state index is 0.125. The van der Waals surface area contributed by atoms with E-state index in [-0.39, 0.29) is 22.6 Å². The Hall–Kier alpha value is -2.81. The van der Waals surface area contributed by atoms with Gasteiger partial charge in [-0.15, -0.1) is 11.6 Å². The second-order valence-electron chi connectivity index (χ2n) is 6.90. The van der Waals surface area contributed by atoms with Gasteiger partial charge >= 0.3 is 0 Å².